The lowest BCUT2D eigenvalue weighted by molar-refractivity contribution is -0.151. The van der Waals surface area contributed by atoms with Crippen molar-refractivity contribution in [3.63, 3.8) is 0 Å². The quantitative estimate of drug-likeness (QED) is 0.492. The number of esters is 1. The molecule has 3 amide bonds. The Labute approximate surface area is 181 Å². The number of carbonyl (C=O) groups is 4. The van der Waals surface area contributed by atoms with Crippen molar-refractivity contribution >= 4 is 29.4 Å². The highest BCUT2D eigenvalue weighted by Crippen LogP contribution is 2.27. The molecule has 1 aliphatic heterocycles. The van der Waals surface area contributed by atoms with Gasteiger partial charge >= 0.3 is 5.97 Å². The molecule has 0 unspecified atom stereocenters. The Balaban J connectivity index is 1.69. The van der Waals surface area contributed by atoms with Crippen LogP contribution in [0.25, 0.3) is 0 Å². The van der Waals surface area contributed by atoms with Gasteiger partial charge in [-0.1, -0.05) is 57.0 Å². The second-order valence-corrected chi connectivity index (χ2v) is 7.35. The van der Waals surface area contributed by atoms with Gasteiger partial charge < -0.3 is 10.1 Å². The van der Waals surface area contributed by atoms with Gasteiger partial charge in [0, 0.05) is 5.69 Å². The largest absolute Gasteiger partial charge is 0.454 e. The number of para-hydroxylation sites is 1. The molecule has 162 valence electrons. The Morgan fingerprint density at radius 1 is 0.968 bits per heavy atom. The summed E-state index contributed by atoms with van der Waals surface area (Å²) >= 11 is 0. The fourth-order valence-corrected chi connectivity index (χ4v) is 3.61. The second kappa shape index (κ2) is 10.0. The maximum absolute atomic E-state index is 12.8. The summed E-state index contributed by atoms with van der Waals surface area (Å²) < 4.78 is 5.22. The number of benzene rings is 2. The van der Waals surface area contributed by atoms with Crippen LogP contribution < -0.4 is 5.32 Å². The SMILES string of the molecule is CCCC[C@@H](C(=O)OCC(=O)Nc1ccccc1CC)N1C(=O)c2ccccc2C1=O. The zero-order chi connectivity index (χ0) is 22.4. The molecule has 2 aromatic rings. The molecule has 2 aromatic carbocycles. The number of nitrogens with one attached hydrogen (secondary N) is 1. The lowest BCUT2D eigenvalue weighted by Crippen LogP contribution is -2.46. The number of nitrogens with zero attached hydrogens (tertiary/aromatic N) is 1. The number of fused-ring (bicyclic) bond motifs is 1. The van der Waals surface area contributed by atoms with Gasteiger partial charge in [0.25, 0.3) is 17.7 Å². The Bertz CT molecular complexity index is 966. The highest BCUT2D eigenvalue weighted by molar-refractivity contribution is 6.22. The fourth-order valence-electron chi connectivity index (χ4n) is 3.61. The molecule has 1 atom stereocenters. The number of carbonyl (C=O) groups excluding carboxylic acids is 4. The van der Waals surface area contributed by atoms with E-state index in [1.54, 1.807) is 30.3 Å². The van der Waals surface area contributed by atoms with Crippen LogP contribution in [0.4, 0.5) is 5.69 Å². The van der Waals surface area contributed by atoms with Crippen LogP contribution in [-0.2, 0) is 20.7 Å². The van der Waals surface area contributed by atoms with Crippen molar-refractivity contribution in [2.75, 3.05) is 11.9 Å². The average molecular weight is 422 g/mol. The minimum atomic E-state index is -1.07. The highest BCUT2D eigenvalue weighted by Gasteiger charge is 2.43. The maximum atomic E-state index is 12.8. The summed E-state index contributed by atoms with van der Waals surface area (Å²) in [5.74, 6) is -2.27. The number of amides is 3. The van der Waals surface area contributed by atoms with Crippen LogP contribution in [-0.4, -0.2) is 41.2 Å². The average Bonchev–Trinajstić information content (AvgIpc) is 3.03. The highest BCUT2D eigenvalue weighted by atomic mass is 16.5. The van der Waals surface area contributed by atoms with Gasteiger partial charge in [-0.05, 0) is 36.6 Å². The van der Waals surface area contributed by atoms with E-state index in [4.69, 9.17) is 4.74 Å². The summed E-state index contributed by atoms with van der Waals surface area (Å²) in [6.07, 6.45) is 2.43. The van der Waals surface area contributed by atoms with Gasteiger partial charge in [-0.25, -0.2) is 4.79 Å². The third kappa shape index (κ3) is 4.82. The molecule has 0 saturated carbocycles. The summed E-state index contributed by atoms with van der Waals surface area (Å²) in [5.41, 5.74) is 2.18. The molecule has 31 heavy (non-hydrogen) atoms. The Hall–Kier alpha value is -3.48. The van der Waals surface area contributed by atoms with Crippen LogP contribution in [0.1, 0.15) is 59.4 Å². The van der Waals surface area contributed by atoms with Crippen molar-refractivity contribution in [1.82, 2.24) is 4.90 Å². The lowest BCUT2D eigenvalue weighted by atomic mass is 10.1. The molecule has 1 heterocycles. The second-order valence-electron chi connectivity index (χ2n) is 7.35. The first-order valence-corrected chi connectivity index (χ1v) is 10.5. The Morgan fingerprint density at radius 2 is 1.58 bits per heavy atom. The molecule has 0 saturated heterocycles. The van der Waals surface area contributed by atoms with Crippen LogP contribution in [0.5, 0.6) is 0 Å². The van der Waals surface area contributed by atoms with Gasteiger partial charge in [0.15, 0.2) is 6.61 Å². The Morgan fingerprint density at radius 3 is 2.19 bits per heavy atom. The molecule has 0 spiro atoms. The summed E-state index contributed by atoms with van der Waals surface area (Å²) in [7, 11) is 0. The van der Waals surface area contributed by atoms with Crippen LogP contribution in [0.3, 0.4) is 0 Å². The van der Waals surface area contributed by atoms with Gasteiger partial charge in [-0.2, -0.15) is 0 Å². The number of ether oxygens (including phenoxy) is 1. The number of aryl methyl sites for hydroxylation is 1. The van der Waals surface area contributed by atoms with E-state index in [2.05, 4.69) is 5.32 Å². The first-order chi connectivity index (χ1) is 15.0. The molecule has 1 aliphatic rings. The van der Waals surface area contributed by atoms with Crippen LogP contribution in [0.2, 0.25) is 0 Å². The van der Waals surface area contributed by atoms with E-state index in [-0.39, 0.29) is 17.5 Å². The van der Waals surface area contributed by atoms with Gasteiger partial charge in [0.2, 0.25) is 0 Å². The zero-order valence-corrected chi connectivity index (χ0v) is 17.7. The first-order valence-electron chi connectivity index (χ1n) is 10.5. The first kappa shape index (κ1) is 22.2. The summed E-state index contributed by atoms with van der Waals surface area (Å²) in [4.78, 5) is 51.7. The van der Waals surface area contributed by atoms with E-state index in [0.717, 1.165) is 23.3 Å². The Kier molecular flexibility index (Phi) is 7.18. The summed E-state index contributed by atoms with van der Waals surface area (Å²) in [6.45, 7) is 3.43. The van der Waals surface area contributed by atoms with E-state index in [1.807, 2.05) is 32.0 Å². The van der Waals surface area contributed by atoms with E-state index < -0.39 is 36.3 Å². The molecule has 0 aliphatic carbocycles. The van der Waals surface area contributed by atoms with Crippen molar-refractivity contribution in [3.8, 4) is 0 Å². The fraction of sp³-hybridized carbons (Fsp3) is 0.333. The number of rotatable bonds is 9. The third-order valence-corrected chi connectivity index (χ3v) is 5.26. The number of hydrogen-bond acceptors (Lipinski definition) is 5. The summed E-state index contributed by atoms with van der Waals surface area (Å²) in [6, 6.07) is 12.8. The smallest absolute Gasteiger partial charge is 0.329 e. The van der Waals surface area contributed by atoms with Crippen LogP contribution in [0, 0.1) is 0 Å². The molecule has 7 heteroatoms. The normalized spacial score (nSPS) is 13.7. The number of anilines is 1. The van der Waals surface area contributed by atoms with Crippen molar-refractivity contribution in [3.05, 3.63) is 65.2 Å². The monoisotopic (exact) mass is 422 g/mol. The zero-order valence-electron chi connectivity index (χ0n) is 17.7. The van der Waals surface area contributed by atoms with Gasteiger partial charge in [0.05, 0.1) is 11.1 Å². The van der Waals surface area contributed by atoms with Crippen molar-refractivity contribution in [1.29, 1.82) is 0 Å². The maximum Gasteiger partial charge on any atom is 0.329 e. The lowest BCUT2D eigenvalue weighted by Gasteiger charge is -2.24. The topological polar surface area (TPSA) is 92.8 Å². The van der Waals surface area contributed by atoms with Gasteiger partial charge in [-0.15, -0.1) is 0 Å². The van der Waals surface area contributed by atoms with E-state index in [0.29, 0.717) is 12.1 Å². The minimum Gasteiger partial charge on any atom is -0.454 e. The van der Waals surface area contributed by atoms with E-state index >= 15 is 0 Å². The number of unbranched alkanes of at least 4 members (excludes halogenated alkanes) is 1. The van der Waals surface area contributed by atoms with Gasteiger partial charge in [0.1, 0.15) is 6.04 Å². The van der Waals surface area contributed by atoms with Crippen molar-refractivity contribution in [2.24, 2.45) is 0 Å². The predicted molar refractivity (Wildman–Crippen MR) is 116 cm³/mol. The predicted octanol–water partition coefficient (Wildman–Crippen LogP) is 3.59. The molecular formula is C24H26N2O5. The van der Waals surface area contributed by atoms with E-state index in [9.17, 15) is 19.2 Å². The summed E-state index contributed by atoms with van der Waals surface area (Å²) in [5, 5.41) is 2.74. The molecule has 0 aromatic heterocycles. The van der Waals surface area contributed by atoms with Crippen LogP contribution in [0.15, 0.2) is 48.5 Å². The molecule has 7 nitrogen and oxygen atoms in total. The number of hydrogen-bond donors (Lipinski definition) is 1. The molecule has 1 N–H and O–H groups in total. The molecule has 0 bridgehead atoms. The molecular weight excluding hydrogens is 396 g/mol. The minimum absolute atomic E-state index is 0.274. The molecule has 0 fully saturated rings. The number of imide groups is 1. The molecule has 3 rings (SSSR count). The standard InChI is InChI=1S/C24H26N2O5/c1-3-5-14-20(26-22(28)17-11-7-8-12-18(17)23(26)29)24(30)31-15-21(27)25-19-13-9-6-10-16(19)4-2/h6-13,20H,3-5,14-15H2,1-2H3,(H,25,27)/t20-/m0/s1. The third-order valence-electron chi connectivity index (χ3n) is 5.26. The molecule has 0 radical (unpaired) electrons. The van der Waals surface area contributed by atoms with Crippen molar-refractivity contribution < 1.29 is 23.9 Å². The van der Waals surface area contributed by atoms with Crippen molar-refractivity contribution in [2.45, 2.75) is 45.6 Å². The van der Waals surface area contributed by atoms with Gasteiger partial charge in [-0.3, -0.25) is 19.3 Å². The van der Waals surface area contributed by atoms with E-state index in [1.165, 1.54) is 0 Å². The van der Waals surface area contributed by atoms with Crippen LogP contribution >= 0.6 is 0 Å².